The van der Waals surface area contributed by atoms with Gasteiger partial charge < -0.3 is 14.7 Å². The summed E-state index contributed by atoms with van der Waals surface area (Å²) in [4.78, 5) is 13.6. The van der Waals surface area contributed by atoms with Crippen LogP contribution in [0.15, 0.2) is 0 Å². The van der Waals surface area contributed by atoms with Crippen molar-refractivity contribution in [2.45, 2.75) is 65.6 Å². The molecule has 2 rings (SSSR count). The molecule has 0 bridgehead atoms. The maximum atomic E-state index is 11.8. The first-order valence-corrected chi connectivity index (χ1v) is 6.96. The molecule has 1 spiro atoms. The van der Waals surface area contributed by atoms with Gasteiger partial charge in [-0.15, -0.1) is 0 Å². The van der Waals surface area contributed by atoms with E-state index in [9.17, 15) is 9.90 Å². The summed E-state index contributed by atoms with van der Waals surface area (Å²) in [7, 11) is 0. The Hall–Kier alpha value is -0.420. The van der Waals surface area contributed by atoms with Crippen LogP contribution in [0.25, 0.3) is 0 Å². The van der Waals surface area contributed by atoms with Crippen LogP contribution < -0.4 is 0 Å². The summed E-state index contributed by atoms with van der Waals surface area (Å²) < 4.78 is 5.33. The SMILES string of the molecule is CC.CC(C)(C)OC(=O)N1CCC2(CC(O)C2)C1.S. The number of carbonyl (C=O) groups excluding carboxylic acids is 1. The highest BCUT2D eigenvalue weighted by Crippen LogP contribution is 2.48. The lowest BCUT2D eigenvalue weighted by Gasteiger charge is -2.42. The number of carbonyl (C=O) groups is 1. The Balaban J connectivity index is 0.00000103. The Bertz CT molecular complexity index is 296. The van der Waals surface area contributed by atoms with Gasteiger partial charge in [-0.25, -0.2) is 4.79 Å². The molecule has 2 aliphatic rings. The van der Waals surface area contributed by atoms with Gasteiger partial charge in [-0.2, -0.15) is 13.5 Å². The Morgan fingerprint density at radius 1 is 1.32 bits per heavy atom. The molecule has 1 saturated heterocycles. The number of rotatable bonds is 0. The second-order valence-corrected chi connectivity index (χ2v) is 6.21. The number of nitrogens with zero attached hydrogens (tertiary/aromatic N) is 1. The van der Waals surface area contributed by atoms with Crippen LogP contribution in [0, 0.1) is 5.41 Å². The summed E-state index contributed by atoms with van der Waals surface area (Å²) in [5.41, 5.74) is -0.234. The molecule has 1 N–H and O–H groups in total. The van der Waals surface area contributed by atoms with Crippen LogP contribution in [-0.2, 0) is 4.74 Å². The van der Waals surface area contributed by atoms with Crippen molar-refractivity contribution in [1.29, 1.82) is 0 Å². The highest BCUT2D eigenvalue weighted by atomic mass is 32.1. The summed E-state index contributed by atoms with van der Waals surface area (Å²) in [6, 6.07) is 0. The predicted octanol–water partition coefficient (Wildman–Crippen LogP) is 2.91. The van der Waals surface area contributed by atoms with Crippen LogP contribution in [-0.4, -0.2) is 40.9 Å². The van der Waals surface area contributed by atoms with Crippen LogP contribution in [0.2, 0.25) is 0 Å². The molecule has 114 valence electrons. The second kappa shape index (κ2) is 6.84. The lowest BCUT2D eigenvalue weighted by atomic mass is 9.66. The minimum Gasteiger partial charge on any atom is -0.444 e. The van der Waals surface area contributed by atoms with E-state index in [0.717, 1.165) is 32.4 Å². The van der Waals surface area contributed by atoms with Crippen molar-refractivity contribution < 1.29 is 14.6 Å². The molecule has 1 aliphatic heterocycles. The average Bonchev–Trinajstić information content (AvgIpc) is 2.63. The molecule has 0 aromatic rings. The van der Waals surface area contributed by atoms with Crippen molar-refractivity contribution in [3.63, 3.8) is 0 Å². The molecular formula is C14H29NO3S. The third-order valence-corrected chi connectivity index (χ3v) is 3.43. The summed E-state index contributed by atoms with van der Waals surface area (Å²) >= 11 is 0. The maximum Gasteiger partial charge on any atom is 0.410 e. The minimum atomic E-state index is -0.425. The van der Waals surface area contributed by atoms with Crippen molar-refractivity contribution in [1.82, 2.24) is 4.90 Å². The number of amides is 1. The van der Waals surface area contributed by atoms with E-state index in [4.69, 9.17) is 4.74 Å². The molecule has 19 heavy (non-hydrogen) atoms. The Morgan fingerprint density at radius 2 is 1.84 bits per heavy atom. The van der Waals surface area contributed by atoms with Gasteiger partial charge in [0.25, 0.3) is 0 Å². The van der Waals surface area contributed by atoms with Gasteiger partial charge in [-0.3, -0.25) is 0 Å². The van der Waals surface area contributed by atoms with Gasteiger partial charge in [0.15, 0.2) is 0 Å². The van der Waals surface area contributed by atoms with Crippen LogP contribution in [0.3, 0.4) is 0 Å². The Kier molecular flexibility index (Phi) is 6.69. The fourth-order valence-corrected chi connectivity index (χ4v) is 2.69. The van der Waals surface area contributed by atoms with Crippen LogP contribution in [0.1, 0.15) is 53.9 Å². The lowest BCUT2D eigenvalue weighted by molar-refractivity contribution is -0.0283. The average molecular weight is 291 g/mol. The van der Waals surface area contributed by atoms with Gasteiger partial charge in [0.1, 0.15) is 5.60 Å². The maximum absolute atomic E-state index is 11.8. The van der Waals surface area contributed by atoms with E-state index in [1.54, 1.807) is 4.90 Å². The highest BCUT2D eigenvalue weighted by molar-refractivity contribution is 7.59. The zero-order valence-electron chi connectivity index (χ0n) is 12.8. The second-order valence-electron chi connectivity index (χ2n) is 6.21. The summed E-state index contributed by atoms with van der Waals surface area (Å²) in [5, 5.41) is 9.35. The van der Waals surface area contributed by atoms with Gasteiger partial charge in [-0.05, 0) is 45.4 Å². The third-order valence-electron chi connectivity index (χ3n) is 3.43. The van der Waals surface area contributed by atoms with Gasteiger partial charge in [-0.1, -0.05) is 13.8 Å². The zero-order chi connectivity index (χ0) is 14.0. The molecule has 0 aromatic heterocycles. The molecule has 4 nitrogen and oxygen atoms in total. The fraction of sp³-hybridized carbons (Fsp3) is 0.929. The highest BCUT2D eigenvalue weighted by Gasteiger charge is 2.49. The first kappa shape index (κ1) is 18.6. The lowest BCUT2D eigenvalue weighted by Crippen LogP contribution is -2.44. The van der Waals surface area contributed by atoms with E-state index in [2.05, 4.69) is 0 Å². The first-order chi connectivity index (χ1) is 8.30. The molecule has 0 atom stereocenters. The van der Waals surface area contributed by atoms with E-state index in [1.165, 1.54) is 0 Å². The standard InChI is InChI=1S/C12H21NO3.C2H6.H2S/c1-11(2,3)16-10(15)13-5-4-12(8-13)6-9(14)7-12;1-2;/h9,14H,4-8H2,1-3H3;1-2H3;1H2. The van der Waals surface area contributed by atoms with E-state index < -0.39 is 5.60 Å². The molecule has 1 saturated carbocycles. The number of aliphatic hydroxyl groups is 1. The van der Waals surface area contributed by atoms with Gasteiger partial charge >= 0.3 is 6.09 Å². The third kappa shape index (κ3) is 4.88. The number of ether oxygens (including phenoxy) is 1. The summed E-state index contributed by atoms with van der Waals surface area (Å²) in [5.74, 6) is 0. The van der Waals surface area contributed by atoms with Crippen molar-refractivity contribution in [3.8, 4) is 0 Å². The van der Waals surface area contributed by atoms with E-state index in [-0.39, 0.29) is 31.1 Å². The molecule has 1 amide bonds. The monoisotopic (exact) mass is 291 g/mol. The topological polar surface area (TPSA) is 49.8 Å². The van der Waals surface area contributed by atoms with Crippen LogP contribution in [0.4, 0.5) is 4.79 Å². The molecule has 2 fully saturated rings. The smallest absolute Gasteiger partial charge is 0.410 e. The summed E-state index contributed by atoms with van der Waals surface area (Å²) in [6.45, 7) is 11.2. The Morgan fingerprint density at radius 3 is 2.26 bits per heavy atom. The molecule has 0 aromatic carbocycles. The fourth-order valence-electron chi connectivity index (χ4n) is 2.69. The quantitative estimate of drug-likeness (QED) is 0.746. The van der Waals surface area contributed by atoms with Gasteiger partial charge in [0, 0.05) is 13.1 Å². The largest absolute Gasteiger partial charge is 0.444 e. The number of hydrogen-bond donors (Lipinski definition) is 1. The van der Waals surface area contributed by atoms with Crippen LogP contribution in [0.5, 0.6) is 0 Å². The molecular weight excluding hydrogens is 262 g/mol. The Labute approximate surface area is 123 Å². The van der Waals surface area contributed by atoms with Crippen molar-refractivity contribution >= 4 is 19.6 Å². The van der Waals surface area contributed by atoms with Crippen molar-refractivity contribution in [2.75, 3.05) is 13.1 Å². The van der Waals surface area contributed by atoms with Crippen molar-refractivity contribution in [2.24, 2.45) is 5.41 Å². The molecule has 0 radical (unpaired) electrons. The van der Waals surface area contributed by atoms with Gasteiger partial charge in [0.05, 0.1) is 6.10 Å². The molecule has 1 heterocycles. The predicted molar refractivity (Wildman–Crippen MR) is 81.8 cm³/mol. The van der Waals surface area contributed by atoms with Crippen LogP contribution >= 0.6 is 13.5 Å². The number of aliphatic hydroxyl groups excluding tert-OH is 1. The van der Waals surface area contributed by atoms with Gasteiger partial charge in [0.2, 0.25) is 0 Å². The van der Waals surface area contributed by atoms with E-state index in [0.29, 0.717) is 0 Å². The first-order valence-electron chi connectivity index (χ1n) is 6.96. The van der Waals surface area contributed by atoms with E-state index >= 15 is 0 Å². The molecule has 5 heteroatoms. The normalized spacial score (nSPS) is 28.9. The zero-order valence-corrected chi connectivity index (χ0v) is 13.8. The summed E-state index contributed by atoms with van der Waals surface area (Å²) in [6.07, 6.45) is 2.31. The number of likely N-dealkylation sites (tertiary alicyclic amines) is 1. The molecule has 0 unspecified atom stereocenters. The van der Waals surface area contributed by atoms with Crippen molar-refractivity contribution in [3.05, 3.63) is 0 Å². The minimum absolute atomic E-state index is 0. The van der Waals surface area contributed by atoms with E-state index in [1.807, 2.05) is 34.6 Å². The number of hydrogen-bond acceptors (Lipinski definition) is 3. The molecule has 1 aliphatic carbocycles.